The molecule has 0 aliphatic rings. The first-order valence-corrected chi connectivity index (χ1v) is 26.3. The van der Waals surface area contributed by atoms with Crippen LogP contribution in [0.15, 0.2) is 187 Å². The van der Waals surface area contributed by atoms with Crippen molar-refractivity contribution in [3.63, 3.8) is 0 Å². The van der Waals surface area contributed by atoms with Crippen molar-refractivity contribution in [2.75, 3.05) is 0 Å². The number of aromatic nitrogens is 3. The molecule has 3 aromatic heterocycles. The molecule has 0 fully saturated rings. The van der Waals surface area contributed by atoms with E-state index in [4.69, 9.17) is 13.5 Å². The van der Waals surface area contributed by atoms with Gasteiger partial charge in [0.25, 0.3) is 0 Å². The summed E-state index contributed by atoms with van der Waals surface area (Å²) in [4.78, 5) is 9.93. The van der Waals surface area contributed by atoms with Crippen LogP contribution >= 0.6 is 0 Å². The van der Waals surface area contributed by atoms with Crippen molar-refractivity contribution in [2.24, 2.45) is 0 Å². The minimum absolute atomic E-state index is 0. The minimum Gasteiger partial charge on any atom is -0.501 e. The number of pyridine rings is 1. The van der Waals surface area contributed by atoms with Gasteiger partial charge < -0.3 is 14.0 Å². The zero-order chi connectivity index (χ0) is 54.8. The van der Waals surface area contributed by atoms with Crippen LogP contribution in [0.25, 0.3) is 105 Å². The Balaban J connectivity index is 0.000000220. The molecule has 9 aromatic carbocycles. The molecule has 0 saturated heterocycles. The fourth-order valence-corrected chi connectivity index (χ4v) is 10.5. The predicted octanol–water partition coefficient (Wildman–Crippen LogP) is 19.7. The number of hydrogen-bond acceptors (Lipinski definition) is 3. The summed E-state index contributed by atoms with van der Waals surface area (Å²) in [5.41, 5.74) is 16.9. The van der Waals surface area contributed by atoms with Crippen LogP contribution in [0.3, 0.4) is 0 Å². The van der Waals surface area contributed by atoms with Gasteiger partial charge in [0.1, 0.15) is 5.58 Å². The van der Waals surface area contributed by atoms with Crippen LogP contribution in [-0.4, -0.2) is 14.5 Å². The smallest absolute Gasteiger partial charge is 0.121 e. The Morgan fingerprint density at radius 3 is 1.93 bits per heavy atom. The largest absolute Gasteiger partial charge is 0.501 e. The molecule has 5 heteroatoms. The quantitative estimate of drug-likeness (QED) is 0.118. The summed E-state index contributed by atoms with van der Waals surface area (Å²) >= 11 is 0. The van der Waals surface area contributed by atoms with E-state index in [9.17, 15) is 0 Å². The standard InChI is InChI=1S/C49H43N2O.C22H22N.Ir/c1-29(2)39-26-34(31-21-23-35(24-22-31)49(5,6)7)27-40(30(3)4)46(39)51-44-18-11-10-17-43(44)50-48(51)38-16-12-15-37-42-25-33-20-19-32-13-8-9-14-36(32)41(33)28-45(42)52-47(37)38;1-16-10-11-18(14-20(16)17-8-6-5-7-9-17)21-13-12-19(15-23-21)22(2,3)4;/h8-15,17-30H,1-7H3;5-10,12-15H,1-4H3;/q2*-1;/i;1D3;. The molecule has 0 aliphatic heterocycles. The first kappa shape index (κ1) is 48.2. The maximum atomic E-state index is 7.83. The predicted molar refractivity (Wildman–Crippen MR) is 317 cm³/mol. The summed E-state index contributed by atoms with van der Waals surface area (Å²) in [5, 5.41) is 7.02. The Morgan fingerprint density at radius 2 is 1.25 bits per heavy atom. The molecule has 0 bridgehead atoms. The van der Waals surface area contributed by atoms with Gasteiger partial charge in [-0.05, 0) is 125 Å². The molecule has 0 N–H and O–H groups in total. The molecule has 381 valence electrons. The van der Waals surface area contributed by atoms with Crippen molar-refractivity contribution in [3.8, 4) is 50.6 Å². The van der Waals surface area contributed by atoms with E-state index in [-0.39, 0.29) is 42.8 Å². The fraction of sp³-hybridized carbons (Fsp3) is 0.211. The molecule has 0 saturated carbocycles. The molecule has 4 nitrogen and oxygen atoms in total. The zero-order valence-corrected chi connectivity index (χ0v) is 47.5. The van der Waals surface area contributed by atoms with Crippen molar-refractivity contribution >= 4 is 54.5 Å². The van der Waals surface area contributed by atoms with Crippen LogP contribution in [0.5, 0.6) is 0 Å². The van der Waals surface area contributed by atoms with E-state index in [0.29, 0.717) is 11.1 Å². The second-order valence-electron chi connectivity index (χ2n) is 22.7. The third-order valence-electron chi connectivity index (χ3n) is 14.7. The Labute approximate surface area is 466 Å². The van der Waals surface area contributed by atoms with Crippen LogP contribution in [-0.2, 0) is 30.9 Å². The summed E-state index contributed by atoms with van der Waals surface area (Å²) < 4.78 is 32.7. The van der Waals surface area contributed by atoms with E-state index in [1.54, 1.807) is 6.07 Å². The van der Waals surface area contributed by atoms with E-state index in [1.165, 1.54) is 55.0 Å². The van der Waals surface area contributed by atoms with E-state index in [2.05, 4.69) is 212 Å². The number of furan rings is 1. The molecule has 12 rings (SSSR count). The Hall–Kier alpha value is -7.43. The molecule has 3 heterocycles. The number of fused-ring (bicyclic) bond motifs is 7. The molecule has 0 spiro atoms. The molecular formula is C71H65IrN3O-2. The van der Waals surface area contributed by atoms with Crippen LogP contribution in [0.1, 0.15) is 113 Å². The van der Waals surface area contributed by atoms with Crippen molar-refractivity contribution < 1.29 is 28.6 Å². The summed E-state index contributed by atoms with van der Waals surface area (Å²) in [6.45, 7) is 20.3. The topological polar surface area (TPSA) is 43.9 Å². The van der Waals surface area contributed by atoms with Gasteiger partial charge in [-0.1, -0.05) is 208 Å². The van der Waals surface area contributed by atoms with Crippen molar-refractivity contribution in [3.05, 3.63) is 222 Å². The van der Waals surface area contributed by atoms with E-state index >= 15 is 0 Å². The molecule has 0 amide bonds. The number of benzene rings is 9. The van der Waals surface area contributed by atoms with Gasteiger partial charge in [-0.2, -0.15) is 0 Å². The van der Waals surface area contributed by atoms with E-state index in [1.807, 2.05) is 54.7 Å². The molecule has 0 aliphatic carbocycles. The van der Waals surface area contributed by atoms with Crippen LogP contribution in [0.4, 0.5) is 0 Å². The van der Waals surface area contributed by atoms with Gasteiger partial charge in [-0.3, -0.25) is 4.98 Å². The number of rotatable bonds is 7. The summed E-state index contributed by atoms with van der Waals surface area (Å²) in [6.07, 6.45) is 1.88. The number of nitrogens with zero attached hydrogens (tertiary/aromatic N) is 3. The maximum Gasteiger partial charge on any atom is 0.121 e. The van der Waals surface area contributed by atoms with Crippen molar-refractivity contribution in [2.45, 2.75) is 98.8 Å². The molecular weight excluding hydrogens is 1100 g/mol. The molecule has 76 heavy (non-hydrogen) atoms. The van der Waals surface area contributed by atoms with Crippen molar-refractivity contribution in [1.29, 1.82) is 0 Å². The van der Waals surface area contributed by atoms with Gasteiger partial charge in [-0.15, -0.1) is 47.5 Å². The maximum absolute atomic E-state index is 7.83. The number of aryl methyl sites for hydroxylation is 1. The van der Waals surface area contributed by atoms with Gasteiger partial charge in [0, 0.05) is 41.5 Å². The van der Waals surface area contributed by atoms with E-state index in [0.717, 1.165) is 66.7 Å². The average molecular weight is 1170 g/mol. The second-order valence-corrected chi connectivity index (χ2v) is 22.7. The third-order valence-corrected chi connectivity index (χ3v) is 14.7. The Kier molecular flexibility index (Phi) is 13.1. The van der Waals surface area contributed by atoms with Gasteiger partial charge in [0.05, 0.1) is 22.4 Å². The fourth-order valence-electron chi connectivity index (χ4n) is 10.5. The molecule has 0 atom stereocenters. The number of hydrogen-bond donors (Lipinski definition) is 0. The molecule has 0 unspecified atom stereocenters. The number of imidazole rings is 1. The van der Waals surface area contributed by atoms with Gasteiger partial charge in [-0.25, -0.2) is 0 Å². The third kappa shape index (κ3) is 9.84. The molecule has 1 radical (unpaired) electrons. The van der Waals surface area contributed by atoms with Crippen LogP contribution < -0.4 is 0 Å². The normalized spacial score (nSPS) is 12.8. The number of para-hydroxylation sites is 2. The first-order chi connectivity index (χ1) is 37.2. The summed E-state index contributed by atoms with van der Waals surface area (Å²) in [5.74, 6) is 1.37. The van der Waals surface area contributed by atoms with Crippen LogP contribution in [0.2, 0.25) is 0 Å². The molecule has 12 aromatic rings. The second kappa shape index (κ2) is 20.6. The monoisotopic (exact) mass is 1170 g/mol. The summed E-state index contributed by atoms with van der Waals surface area (Å²) in [6, 6.07) is 67.8. The van der Waals surface area contributed by atoms with E-state index < -0.39 is 6.85 Å². The van der Waals surface area contributed by atoms with Gasteiger partial charge in [0.2, 0.25) is 0 Å². The van der Waals surface area contributed by atoms with Gasteiger partial charge in [0.15, 0.2) is 0 Å². The minimum atomic E-state index is -2.19. The Bertz CT molecular complexity index is 4160. The average Bonchev–Trinajstić information content (AvgIpc) is 3.99. The van der Waals surface area contributed by atoms with Gasteiger partial charge >= 0.3 is 0 Å². The zero-order valence-electron chi connectivity index (χ0n) is 48.1. The first-order valence-electron chi connectivity index (χ1n) is 27.8. The van der Waals surface area contributed by atoms with Crippen molar-refractivity contribution in [1.82, 2.24) is 14.5 Å². The Morgan fingerprint density at radius 1 is 0.579 bits per heavy atom. The summed E-state index contributed by atoms with van der Waals surface area (Å²) in [7, 11) is 0. The van der Waals surface area contributed by atoms with Crippen LogP contribution in [0, 0.1) is 19.0 Å². The SMILES string of the molecule is CC(C)c1cc(-c2ccc(C(C)(C)C)cc2)cc(C(C)C)c1-n1c(-c2[c-]ccc3c2oc2cc4c(ccc5ccccc54)cc23)nc2ccccc21.[2H]C([2H])([2H])c1c[c-]c(-c2ccc(C(C)(C)C)cn2)cc1-c1ccccc1.[Ir].